The van der Waals surface area contributed by atoms with Gasteiger partial charge in [0.15, 0.2) is 0 Å². The minimum absolute atomic E-state index is 0.367. The predicted molar refractivity (Wildman–Crippen MR) is 50.3 cm³/mol. The lowest BCUT2D eigenvalue weighted by molar-refractivity contribution is -0.147. The number of likely N-dealkylation sites (N-methyl/N-ethyl adjacent to an activating group) is 1. The molecule has 0 aliphatic carbocycles. The van der Waals surface area contributed by atoms with Crippen LogP contribution in [0.2, 0.25) is 0 Å². The second-order valence-corrected chi connectivity index (χ2v) is 4.53. The molecule has 1 saturated heterocycles. The molecule has 3 nitrogen and oxygen atoms in total. The largest absolute Gasteiger partial charge is 0.480 e. The van der Waals surface area contributed by atoms with Gasteiger partial charge in [-0.05, 0) is 20.4 Å². The molecule has 2 atom stereocenters. The van der Waals surface area contributed by atoms with Crippen LogP contribution in [0.15, 0.2) is 0 Å². The van der Waals surface area contributed by atoms with Gasteiger partial charge < -0.3 is 5.11 Å². The molecule has 0 spiro atoms. The van der Waals surface area contributed by atoms with E-state index in [4.69, 9.17) is 5.11 Å². The number of hydrogen-bond acceptors (Lipinski definition) is 3. The third-order valence-electron chi connectivity index (χ3n) is 2.58. The van der Waals surface area contributed by atoms with Crippen molar-refractivity contribution in [2.45, 2.75) is 31.2 Å². The lowest BCUT2D eigenvalue weighted by Gasteiger charge is -2.29. The summed E-state index contributed by atoms with van der Waals surface area (Å²) in [6.45, 7) is 3.87. The van der Waals surface area contributed by atoms with Gasteiger partial charge in [-0.15, -0.1) is 11.8 Å². The summed E-state index contributed by atoms with van der Waals surface area (Å²) in [7, 11) is 1.89. The molecule has 1 fully saturated rings. The average Bonchev–Trinajstić information content (AvgIpc) is 2.31. The summed E-state index contributed by atoms with van der Waals surface area (Å²) in [6, 6.07) is 0. The van der Waals surface area contributed by atoms with Crippen molar-refractivity contribution in [1.82, 2.24) is 4.90 Å². The van der Waals surface area contributed by atoms with Gasteiger partial charge in [0, 0.05) is 5.75 Å². The number of aliphatic carboxylic acids is 1. The fourth-order valence-electron chi connectivity index (χ4n) is 1.39. The van der Waals surface area contributed by atoms with E-state index in [-0.39, 0.29) is 0 Å². The Morgan fingerprint density at radius 1 is 1.83 bits per heavy atom. The van der Waals surface area contributed by atoms with Crippen LogP contribution < -0.4 is 0 Å². The third kappa shape index (κ3) is 1.33. The van der Waals surface area contributed by atoms with Gasteiger partial charge in [0.2, 0.25) is 0 Å². The second kappa shape index (κ2) is 3.26. The fraction of sp³-hybridized carbons (Fsp3) is 0.875. The van der Waals surface area contributed by atoms with E-state index in [2.05, 4.69) is 6.92 Å². The molecule has 0 aromatic carbocycles. The van der Waals surface area contributed by atoms with Crippen molar-refractivity contribution >= 4 is 17.7 Å². The maximum atomic E-state index is 10.9. The zero-order valence-corrected chi connectivity index (χ0v) is 8.52. The topological polar surface area (TPSA) is 40.5 Å². The SMILES string of the molecule is CCC1SCC(C)(C(=O)O)N1C. The molecule has 0 saturated carbocycles. The van der Waals surface area contributed by atoms with Crippen LogP contribution in [0.4, 0.5) is 0 Å². The Kier molecular flexibility index (Phi) is 2.68. The van der Waals surface area contributed by atoms with E-state index < -0.39 is 11.5 Å². The summed E-state index contributed by atoms with van der Waals surface area (Å²) in [5.41, 5.74) is -0.661. The summed E-state index contributed by atoms with van der Waals surface area (Å²) in [5.74, 6) is -0.0226. The minimum atomic E-state index is -0.714. The van der Waals surface area contributed by atoms with E-state index in [0.29, 0.717) is 11.1 Å². The van der Waals surface area contributed by atoms with Crippen molar-refractivity contribution in [3.8, 4) is 0 Å². The molecular weight excluding hydrogens is 174 g/mol. The Bertz CT molecular complexity index is 197. The van der Waals surface area contributed by atoms with Gasteiger partial charge in [-0.3, -0.25) is 9.69 Å². The van der Waals surface area contributed by atoms with Crippen LogP contribution in [0.25, 0.3) is 0 Å². The molecule has 0 aromatic rings. The normalized spacial score (nSPS) is 37.1. The Balaban J connectivity index is 2.77. The minimum Gasteiger partial charge on any atom is -0.480 e. The number of carboxylic acids is 1. The first kappa shape index (κ1) is 9.86. The quantitative estimate of drug-likeness (QED) is 0.709. The van der Waals surface area contributed by atoms with Crippen LogP contribution in [0, 0.1) is 0 Å². The molecule has 0 radical (unpaired) electrons. The molecule has 1 aliphatic rings. The number of carbonyl (C=O) groups is 1. The molecule has 0 amide bonds. The number of hydrogen-bond donors (Lipinski definition) is 1. The lowest BCUT2D eigenvalue weighted by Crippen LogP contribution is -2.50. The summed E-state index contributed by atoms with van der Waals surface area (Å²) in [5, 5.41) is 9.37. The van der Waals surface area contributed by atoms with Gasteiger partial charge in [0.05, 0.1) is 5.37 Å². The standard InChI is InChI=1S/C8H15NO2S/c1-4-6-9(3)8(2,5-12-6)7(10)11/h6H,4-5H2,1-3H3,(H,10,11). The first-order valence-electron chi connectivity index (χ1n) is 4.10. The molecule has 2 unspecified atom stereocenters. The smallest absolute Gasteiger partial charge is 0.324 e. The lowest BCUT2D eigenvalue weighted by atomic mass is 10.0. The highest BCUT2D eigenvalue weighted by Crippen LogP contribution is 2.36. The van der Waals surface area contributed by atoms with E-state index in [0.717, 1.165) is 6.42 Å². The molecule has 4 heteroatoms. The highest BCUT2D eigenvalue weighted by atomic mass is 32.2. The van der Waals surface area contributed by atoms with Gasteiger partial charge in [0.1, 0.15) is 5.54 Å². The van der Waals surface area contributed by atoms with Gasteiger partial charge in [-0.25, -0.2) is 0 Å². The van der Waals surface area contributed by atoms with Crippen LogP contribution >= 0.6 is 11.8 Å². The molecule has 12 heavy (non-hydrogen) atoms. The average molecular weight is 189 g/mol. The first-order chi connectivity index (χ1) is 5.52. The van der Waals surface area contributed by atoms with Crippen molar-refractivity contribution in [3.05, 3.63) is 0 Å². The van der Waals surface area contributed by atoms with Crippen LogP contribution in [-0.2, 0) is 4.79 Å². The Morgan fingerprint density at radius 2 is 2.42 bits per heavy atom. The van der Waals surface area contributed by atoms with Crippen molar-refractivity contribution in [2.75, 3.05) is 12.8 Å². The first-order valence-corrected chi connectivity index (χ1v) is 5.15. The summed E-state index contributed by atoms with van der Waals surface area (Å²) >= 11 is 1.73. The summed E-state index contributed by atoms with van der Waals surface area (Å²) in [4.78, 5) is 12.9. The molecule has 0 bridgehead atoms. The second-order valence-electron chi connectivity index (χ2n) is 3.36. The molecule has 1 rings (SSSR count). The summed E-state index contributed by atoms with van der Waals surface area (Å²) in [6.07, 6.45) is 1.00. The van der Waals surface area contributed by atoms with Gasteiger partial charge in [-0.1, -0.05) is 6.92 Å². The summed E-state index contributed by atoms with van der Waals surface area (Å²) < 4.78 is 0. The molecule has 0 aromatic heterocycles. The van der Waals surface area contributed by atoms with Gasteiger partial charge >= 0.3 is 5.97 Å². The van der Waals surface area contributed by atoms with Crippen LogP contribution in [-0.4, -0.2) is 39.7 Å². The Labute approximate surface area is 77.1 Å². The van der Waals surface area contributed by atoms with Crippen molar-refractivity contribution < 1.29 is 9.90 Å². The van der Waals surface area contributed by atoms with E-state index in [1.807, 2.05) is 11.9 Å². The zero-order valence-electron chi connectivity index (χ0n) is 7.70. The maximum Gasteiger partial charge on any atom is 0.324 e. The molecule has 1 heterocycles. The Morgan fingerprint density at radius 3 is 2.67 bits per heavy atom. The highest BCUT2D eigenvalue weighted by Gasteiger charge is 2.46. The number of rotatable bonds is 2. The van der Waals surface area contributed by atoms with E-state index in [1.54, 1.807) is 18.7 Å². The zero-order chi connectivity index (χ0) is 9.35. The van der Waals surface area contributed by atoms with E-state index >= 15 is 0 Å². The highest BCUT2D eigenvalue weighted by molar-refractivity contribution is 8.00. The van der Waals surface area contributed by atoms with Crippen LogP contribution in [0.3, 0.4) is 0 Å². The predicted octanol–water partition coefficient (Wildman–Crippen LogP) is 1.24. The van der Waals surface area contributed by atoms with Gasteiger partial charge in [0.25, 0.3) is 0 Å². The number of carboxylic acid groups (broad SMARTS) is 1. The number of thioether (sulfide) groups is 1. The van der Waals surface area contributed by atoms with Crippen molar-refractivity contribution in [1.29, 1.82) is 0 Å². The van der Waals surface area contributed by atoms with E-state index in [1.165, 1.54) is 0 Å². The van der Waals surface area contributed by atoms with Crippen molar-refractivity contribution in [3.63, 3.8) is 0 Å². The number of nitrogens with zero attached hydrogens (tertiary/aromatic N) is 1. The monoisotopic (exact) mass is 189 g/mol. The van der Waals surface area contributed by atoms with Crippen LogP contribution in [0.1, 0.15) is 20.3 Å². The molecular formula is C8H15NO2S. The molecule has 1 N–H and O–H groups in total. The third-order valence-corrected chi connectivity index (χ3v) is 4.34. The van der Waals surface area contributed by atoms with Crippen molar-refractivity contribution in [2.24, 2.45) is 0 Å². The fourth-order valence-corrected chi connectivity index (χ4v) is 2.93. The maximum absolute atomic E-state index is 10.9. The van der Waals surface area contributed by atoms with Crippen LogP contribution in [0.5, 0.6) is 0 Å². The van der Waals surface area contributed by atoms with E-state index in [9.17, 15) is 4.79 Å². The molecule has 70 valence electrons. The Hall–Kier alpha value is -0.220. The molecule has 1 aliphatic heterocycles. The van der Waals surface area contributed by atoms with Gasteiger partial charge in [-0.2, -0.15) is 0 Å².